The van der Waals surface area contributed by atoms with Gasteiger partial charge in [0.15, 0.2) is 23.3 Å². The molecule has 0 fully saturated rings. The number of H-pyrrole nitrogens is 1. The Balaban J connectivity index is 1.24. The van der Waals surface area contributed by atoms with E-state index in [9.17, 15) is 18.0 Å². The Bertz CT molecular complexity index is 1790. The maximum Gasteiger partial charge on any atom is 0.337 e. The molecule has 2 aliphatic rings. The normalized spacial score (nSPS) is 15.9. The lowest BCUT2D eigenvalue weighted by molar-refractivity contribution is -0.136. The number of fused-ring (bicyclic) bond motifs is 1. The molecule has 1 aromatic heterocycles. The van der Waals surface area contributed by atoms with E-state index in [-0.39, 0.29) is 24.1 Å². The zero-order chi connectivity index (χ0) is 27.4. The molecular weight excluding hydrogens is 515 g/mol. The summed E-state index contributed by atoms with van der Waals surface area (Å²) in [6.45, 7) is 0.171. The third kappa shape index (κ3) is 3.88. The highest BCUT2D eigenvalue weighted by atomic mass is 19.2. The van der Waals surface area contributed by atoms with Crippen LogP contribution in [-0.4, -0.2) is 22.8 Å². The zero-order valence-electron chi connectivity index (χ0n) is 20.8. The number of aromatic amines is 1. The average Bonchev–Trinajstić information content (AvgIpc) is 3.58. The topological polar surface area (TPSA) is 67.0 Å². The van der Waals surface area contributed by atoms with Gasteiger partial charge in [0.1, 0.15) is 6.61 Å². The second-order valence-electron chi connectivity index (χ2n) is 9.71. The van der Waals surface area contributed by atoms with E-state index >= 15 is 0 Å². The summed E-state index contributed by atoms with van der Waals surface area (Å²) in [6, 6.07) is 26.8. The largest absolute Gasteiger partial charge is 0.456 e. The maximum absolute atomic E-state index is 13.7. The number of nitrogens with one attached hydrogen (secondary N) is 2. The molecule has 1 atom stereocenters. The summed E-state index contributed by atoms with van der Waals surface area (Å²) in [5.41, 5.74) is 7.46. The highest BCUT2D eigenvalue weighted by molar-refractivity contribution is 5.98. The highest BCUT2D eigenvalue weighted by Crippen LogP contribution is 2.47. The Kier molecular flexibility index (Phi) is 5.55. The third-order valence-electron chi connectivity index (χ3n) is 7.39. The summed E-state index contributed by atoms with van der Waals surface area (Å²) in [5.74, 6) is -4.02. The van der Waals surface area contributed by atoms with Gasteiger partial charge in [-0.25, -0.2) is 18.0 Å². The van der Waals surface area contributed by atoms with Gasteiger partial charge < -0.3 is 10.1 Å². The number of ether oxygens (including phenoxy) is 1. The molecule has 196 valence electrons. The summed E-state index contributed by atoms with van der Waals surface area (Å²) in [7, 11) is 0. The lowest BCUT2D eigenvalue weighted by Crippen LogP contribution is -2.19. The molecule has 0 saturated heterocycles. The fraction of sp³-hybridized carbons (Fsp3) is 0.0625. The quantitative estimate of drug-likeness (QED) is 0.189. The zero-order valence-corrected chi connectivity index (χ0v) is 20.8. The predicted molar refractivity (Wildman–Crippen MR) is 145 cm³/mol. The number of hydrogen-bond donors (Lipinski definition) is 2. The van der Waals surface area contributed by atoms with Gasteiger partial charge in [0.25, 0.3) is 0 Å². The first-order valence-electron chi connectivity index (χ1n) is 12.6. The van der Waals surface area contributed by atoms with Crippen molar-refractivity contribution in [2.75, 3.05) is 11.9 Å². The molecule has 2 aliphatic heterocycles. The van der Waals surface area contributed by atoms with E-state index in [1.807, 2.05) is 66.7 Å². The molecule has 4 aromatic carbocycles. The van der Waals surface area contributed by atoms with Crippen LogP contribution in [0.1, 0.15) is 17.0 Å². The number of cyclic esters (lactones) is 1. The van der Waals surface area contributed by atoms with Crippen LogP contribution in [0.5, 0.6) is 0 Å². The molecule has 0 spiro atoms. The van der Waals surface area contributed by atoms with E-state index in [0.717, 1.165) is 45.6 Å². The number of benzene rings is 4. The molecule has 5 aromatic rings. The second kappa shape index (κ2) is 9.27. The lowest BCUT2D eigenvalue weighted by Gasteiger charge is -2.25. The van der Waals surface area contributed by atoms with E-state index in [4.69, 9.17) is 4.74 Å². The molecule has 0 radical (unpaired) electrons. The molecular formula is C32H20F3N3O2. The van der Waals surface area contributed by atoms with Crippen LogP contribution < -0.4 is 5.32 Å². The Morgan fingerprint density at radius 3 is 2.00 bits per heavy atom. The molecule has 0 amide bonds. The molecule has 1 unspecified atom stereocenters. The monoisotopic (exact) mass is 535 g/mol. The number of nitrogens with zero attached hydrogens (tertiary/aromatic N) is 1. The van der Waals surface area contributed by atoms with Crippen LogP contribution in [0.2, 0.25) is 0 Å². The average molecular weight is 536 g/mol. The number of halogens is 3. The standard InChI is InChI=1S/C32H20F3N3O2/c33-23-14-22(15-24(34)29(23)35)19-8-6-17(7-9-19)18-10-12-20(13-11-18)26-27-25(16-40-32(27)39)36-31-28(26)30(37-38-31)21-4-2-1-3-5-21/h1-15,26H,16H2,(H2,36,37,38). The molecule has 7 rings (SSSR count). The Morgan fingerprint density at radius 2 is 1.35 bits per heavy atom. The van der Waals surface area contributed by atoms with Crippen molar-refractivity contribution in [1.82, 2.24) is 10.2 Å². The van der Waals surface area contributed by atoms with Gasteiger partial charge in [0.2, 0.25) is 0 Å². The van der Waals surface area contributed by atoms with Crippen molar-refractivity contribution < 1.29 is 22.7 Å². The molecule has 3 heterocycles. The van der Waals surface area contributed by atoms with Crippen LogP contribution in [0.15, 0.2) is 102 Å². The smallest absolute Gasteiger partial charge is 0.337 e. The summed E-state index contributed by atoms with van der Waals surface area (Å²) in [5, 5.41) is 10.9. The minimum Gasteiger partial charge on any atom is -0.456 e. The van der Waals surface area contributed by atoms with Gasteiger partial charge in [-0.1, -0.05) is 78.9 Å². The van der Waals surface area contributed by atoms with E-state index in [2.05, 4.69) is 15.5 Å². The van der Waals surface area contributed by atoms with Gasteiger partial charge in [-0.15, -0.1) is 0 Å². The molecule has 0 saturated carbocycles. The number of aromatic nitrogens is 2. The van der Waals surface area contributed by atoms with Crippen molar-refractivity contribution in [2.45, 2.75) is 5.92 Å². The van der Waals surface area contributed by atoms with Crippen LogP contribution in [0.25, 0.3) is 33.5 Å². The van der Waals surface area contributed by atoms with Crippen LogP contribution in [0.4, 0.5) is 19.0 Å². The molecule has 0 bridgehead atoms. The number of esters is 1. The van der Waals surface area contributed by atoms with E-state index < -0.39 is 17.5 Å². The molecule has 40 heavy (non-hydrogen) atoms. The Hall–Kier alpha value is -5.11. The van der Waals surface area contributed by atoms with Gasteiger partial charge >= 0.3 is 5.97 Å². The van der Waals surface area contributed by atoms with E-state index in [0.29, 0.717) is 22.7 Å². The fourth-order valence-electron chi connectivity index (χ4n) is 5.43. The van der Waals surface area contributed by atoms with Gasteiger partial charge in [-0.3, -0.25) is 5.10 Å². The number of carbonyl (C=O) groups is 1. The van der Waals surface area contributed by atoms with Crippen molar-refractivity contribution in [3.63, 3.8) is 0 Å². The van der Waals surface area contributed by atoms with Crippen molar-refractivity contribution in [1.29, 1.82) is 0 Å². The van der Waals surface area contributed by atoms with E-state index in [1.54, 1.807) is 12.1 Å². The van der Waals surface area contributed by atoms with Crippen LogP contribution >= 0.6 is 0 Å². The summed E-state index contributed by atoms with van der Waals surface area (Å²) in [4.78, 5) is 12.9. The molecule has 2 N–H and O–H groups in total. The maximum atomic E-state index is 13.7. The minimum atomic E-state index is -1.48. The van der Waals surface area contributed by atoms with Crippen LogP contribution in [0.3, 0.4) is 0 Å². The summed E-state index contributed by atoms with van der Waals surface area (Å²) < 4.78 is 46.1. The summed E-state index contributed by atoms with van der Waals surface area (Å²) in [6.07, 6.45) is 0. The Labute approximate surface area is 227 Å². The van der Waals surface area contributed by atoms with Gasteiger partial charge in [-0.05, 0) is 45.5 Å². The first-order chi connectivity index (χ1) is 19.5. The van der Waals surface area contributed by atoms with Crippen molar-refractivity contribution >= 4 is 11.8 Å². The van der Waals surface area contributed by atoms with E-state index in [1.165, 1.54) is 0 Å². The van der Waals surface area contributed by atoms with Crippen LogP contribution in [-0.2, 0) is 9.53 Å². The van der Waals surface area contributed by atoms with Crippen molar-refractivity contribution in [3.8, 4) is 33.5 Å². The lowest BCUT2D eigenvalue weighted by atomic mass is 9.80. The molecule has 8 heteroatoms. The van der Waals surface area contributed by atoms with Crippen molar-refractivity contribution in [2.24, 2.45) is 0 Å². The van der Waals surface area contributed by atoms with Crippen molar-refractivity contribution in [3.05, 3.63) is 131 Å². The number of carbonyl (C=O) groups excluding carboxylic acids is 1. The molecule has 5 nitrogen and oxygen atoms in total. The number of hydrogen-bond acceptors (Lipinski definition) is 4. The van der Waals surface area contributed by atoms with Gasteiger partial charge in [-0.2, -0.15) is 5.10 Å². The second-order valence-corrected chi connectivity index (χ2v) is 9.71. The fourth-order valence-corrected chi connectivity index (χ4v) is 5.43. The minimum absolute atomic E-state index is 0.171. The predicted octanol–water partition coefficient (Wildman–Crippen LogP) is 7.20. The summed E-state index contributed by atoms with van der Waals surface area (Å²) >= 11 is 0. The number of rotatable bonds is 4. The first-order valence-corrected chi connectivity index (χ1v) is 12.6. The first kappa shape index (κ1) is 24.0. The molecule has 0 aliphatic carbocycles. The Morgan fingerprint density at radius 1 is 0.750 bits per heavy atom. The third-order valence-corrected chi connectivity index (χ3v) is 7.39. The number of anilines is 1. The highest BCUT2D eigenvalue weighted by Gasteiger charge is 2.41. The van der Waals surface area contributed by atoms with Gasteiger partial charge in [0.05, 0.1) is 17.0 Å². The van der Waals surface area contributed by atoms with Gasteiger partial charge in [0, 0.05) is 11.5 Å². The van der Waals surface area contributed by atoms with Crippen LogP contribution in [0, 0.1) is 17.5 Å². The SMILES string of the molecule is O=C1OCC2=C1C(c1ccc(-c3ccc(-c4cc(F)c(F)c(F)c4)cc3)cc1)c1c(n[nH]c1-c1ccccc1)N2.